The number of hydrogen-bond acceptors (Lipinski definition) is 2. The highest BCUT2D eigenvalue weighted by Gasteiger charge is 2.36. The zero-order valence-electron chi connectivity index (χ0n) is 8.93. The van der Waals surface area contributed by atoms with Crippen LogP contribution in [0.1, 0.15) is 19.3 Å². The van der Waals surface area contributed by atoms with E-state index in [2.05, 4.69) is 0 Å². The molecular weight excluding hydrogens is 217 g/mol. The molecule has 1 fully saturated rings. The summed E-state index contributed by atoms with van der Waals surface area (Å²) < 4.78 is 39.5. The molecule has 1 aliphatic carbocycles. The van der Waals surface area contributed by atoms with Gasteiger partial charge in [-0.2, -0.15) is 0 Å². The van der Waals surface area contributed by atoms with Crippen LogP contribution < -0.4 is 5.73 Å². The molecule has 0 aromatic carbocycles. The van der Waals surface area contributed by atoms with E-state index in [1.165, 1.54) is 0 Å². The molecule has 16 heavy (non-hydrogen) atoms. The molecule has 2 N–H and O–H groups in total. The first-order valence-corrected chi connectivity index (χ1v) is 5.41. The molecule has 1 aliphatic heterocycles. The smallest absolute Gasteiger partial charge is 0.251 e. The van der Waals surface area contributed by atoms with Gasteiger partial charge in [-0.25, -0.2) is 13.2 Å². The number of nitrogens with zero attached hydrogens (tertiary/aromatic N) is 1. The zero-order valence-corrected chi connectivity index (χ0v) is 8.93. The molecule has 0 aromatic heterocycles. The second kappa shape index (κ2) is 4.03. The van der Waals surface area contributed by atoms with Crippen LogP contribution in [0.25, 0.3) is 0 Å². The van der Waals surface area contributed by atoms with Crippen molar-refractivity contribution < 1.29 is 13.2 Å². The second-order valence-corrected chi connectivity index (χ2v) is 4.35. The maximum atomic E-state index is 13.7. The third kappa shape index (κ3) is 2.33. The fourth-order valence-electron chi connectivity index (χ4n) is 2.07. The summed E-state index contributed by atoms with van der Waals surface area (Å²) in [5, 5.41) is 0. The first-order valence-electron chi connectivity index (χ1n) is 5.41. The summed E-state index contributed by atoms with van der Waals surface area (Å²) in [4.78, 5) is 1.70. The van der Waals surface area contributed by atoms with Crippen molar-refractivity contribution >= 4 is 0 Å². The lowest BCUT2D eigenvalue weighted by Gasteiger charge is -2.36. The molecule has 0 bridgehead atoms. The van der Waals surface area contributed by atoms with Crippen LogP contribution in [0.15, 0.2) is 23.5 Å². The third-order valence-electron chi connectivity index (χ3n) is 3.06. The summed E-state index contributed by atoms with van der Waals surface area (Å²) in [6, 6.07) is 0. The molecule has 1 saturated heterocycles. The number of piperidine rings is 1. The van der Waals surface area contributed by atoms with E-state index in [0.717, 1.165) is 0 Å². The van der Waals surface area contributed by atoms with E-state index in [1.807, 2.05) is 0 Å². The third-order valence-corrected chi connectivity index (χ3v) is 3.06. The Labute approximate surface area is 92.6 Å². The standard InChI is InChI=1S/C11H15F3N2/c12-9-7-8(15)1-2-10(9)16-5-3-11(13,14)4-6-16/h1-2,9H,3-7,15H2. The van der Waals surface area contributed by atoms with Gasteiger partial charge < -0.3 is 10.6 Å². The van der Waals surface area contributed by atoms with Crippen molar-refractivity contribution in [2.75, 3.05) is 13.1 Å². The molecule has 1 atom stereocenters. The summed E-state index contributed by atoms with van der Waals surface area (Å²) >= 11 is 0. The average molecular weight is 232 g/mol. The molecule has 0 saturated carbocycles. The molecule has 0 amide bonds. The summed E-state index contributed by atoms with van der Waals surface area (Å²) in [5.41, 5.74) is 6.49. The first kappa shape index (κ1) is 11.4. The van der Waals surface area contributed by atoms with Gasteiger partial charge in [-0.05, 0) is 12.2 Å². The molecule has 0 aromatic rings. The number of halogens is 3. The number of allylic oxidation sites excluding steroid dienone is 4. The molecule has 0 spiro atoms. The van der Waals surface area contributed by atoms with E-state index < -0.39 is 12.1 Å². The normalized spacial score (nSPS) is 29.7. The van der Waals surface area contributed by atoms with Crippen molar-refractivity contribution in [2.45, 2.75) is 31.4 Å². The Bertz CT molecular complexity index is 326. The van der Waals surface area contributed by atoms with Gasteiger partial charge in [0.1, 0.15) is 6.17 Å². The van der Waals surface area contributed by atoms with E-state index in [9.17, 15) is 13.2 Å². The average Bonchev–Trinajstić information content (AvgIpc) is 2.19. The SMILES string of the molecule is NC1=CC=C(N2CCC(F)(F)CC2)C(F)C1. The highest BCUT2D eigenvalue weighted by atomic mass is 19.3. The maximum absolute atomic E-state index is 13.7. The van der Waals surface area contributed by atoms with Crippen molar-refractivity contribution in [3.8, 4) is 0 Å². The van der Waals surface area contributed by atoms with Crippen LogP contribution in [0.3, 0.4) is 0 Å². The minimum Gasteiger partial charge on any atom is -0.402 e. The molecule has 90 valence electrons. The van der Waals surface area contributed by atoms with E-state index in [-0.39, 0.29) is 32.4 Å². The summed E-state index contributed by atoms with van der Waals surface area (Å²) in [7, 11) is 0. The molecule has 0 radical (unpaired) electrons. The van der Waals surface area contributed by atoms with Crippen LogP contribution in [0.5, 0.6) is 0 Å². The van der Waals surface area contributed by atoms with Gasteiger partial charge in [-0.3, -0.25) is 0 Å². The quantitative estimate of drug-likeness (QED) is 0.750. The molecule has 1 unspecified atom stereocenters. The lowest BCUT2D eigenvalue weighted by Crippen LogP contribution is -2.41. The summed E-state index contributed by atoms with van der Waals surface area (Å²) in [5.74, 6) is -2.59. The predicted octanol–water partition coefficient (Wildman–Crippen LogP) is 2.19. The van der Waals surface area contributed by atoms with Gasteiger partial charge in [0.15, 0.2) is 0 Å². The van der Waals surface area contributed by atoms with E-state index in [1.54, 1.807) is 17.1 Å². The topological polar surface area (TPSA) is 29.3 Å². The van der Waals surface area contributed by atoms with Crippen molar-refractivity contribution in [3.05, 3.63) is 23.5 Å². The predicted molar refractivity (Wildman–Crippen MR) is 55.6 cm³/mol. The number of alkyl halides is 3. The summed E-state index contributed by atoms with van der Waals surface area (Å²) in [6.07, 6.45) is 1.87. The van der Waals surface area contributed by atoms with Gasteiger partial charge >= 0.3 is 0 Å². The Balaban J connectivity index is 2.04. The van der Waals surface area contributed by atoms with E-state index in [4.69, 9.17) is 5.73 Å². The van der Waals surface area contributed by atoms with Gasteiger partial charge in [0.25, 0.3) is 5.92 Å². The largest absolute Gasteiger partial charge is 0.402 e. The Morgan fingerprint density at radius 1 is 1.25 bits per heavy atom. The first-order chi connectivity index (χ1) is 7.48. The van der Waals surface area contributed by atoms with E-state index in [0.29, 0.717) is 11.4 Å². The lowest BCUT2D eigenvalue weighted by molar-refractivity contribution is -0.0511. The van der Waals surface area contributed by atoms with Crippen LogP contribution in [0, 0.1) is 0 Å². The molecular formula is C11H15F3N2. The van der Waals surface area contributed by atoms with Gasteiger partial charge in [0.2, 0.25) is 0 Å². The van der Waals surface area contributed by atoms with Crippen molar-refractivity contribution in [1.82, 2.24) is 4.90 Å². The molecule has 2 nitrogen and oxygen atoms in total. The zero-order chi connectivity index (χ0) is 11.8. The van der Waals surface area contributed by atoms with Gasteiger partial charge in [0.05, 0.1) is 0 Å². The summed E-state index contributed by atoms with van der Waals surface area (Å²) in [6.45, 7) is 0.431. The fourth-order valence-corrected chi connectivity index (χ4v) is 2.07. The minimum atomic E-state index is -2.59. The van der Waals surface area contributed by atoms with Crippen LogP contribution in [-0.2, 0) is 0 Å². The molecule has 1 heterocycles. The highest BCUT2D eigenvalue weighted by Crippen LogP contribution is 2.32. The van der Waals surface area contributed by atoms with Crippen LogP contribution >= 0.6 is 0 Å². The highest BCUT2D eigenvalue weighted by molar-refractivity contribution is 5.26. The molecule has 2 rings (SSSR count). The molecule has 2 aliphatic rings. The molecule has 5 heteroatoms. The van der Waals surface area contributed by atoms with Gasteiger partial charge in [0, 0.05) is 43.7 Å². The minimum absolute atomic E-state index is 0.165. The van der Waals surface area contributed by atoms with E-state index >= 15 is 0 Å². The Morgan fingerprint density at radius 2 is 1.88 bits per heavy atom. The van der Waals surface area contributed by atoms with Crippen molar-refractivity contribution in [3.63, 3.8) is 0 Å². The number of rotatable bonds is 1. The fraction of sp³-hybridized carbons (Fsp3) is 0.636. The Kier molecular flexibility index (Phi) is 2.86. The Hall–Kier alpha value is -1.13. The monoisotopic (exact) mass is 232 g/mol. The lowest BCUT2D eigenvalue weighted by atomic mass is 10.0. The number of likely N-dealkylation sites (tertiary alicyclic amines) is 1. The Morgan fingerprint density at radius 3 is 2.44 bits per heavy atom. The second-order valence-electron chi connectivity index (χ2n) is 4.35. The maximum Gasteiger partial charge on any atom is 0.251 e. The van der Waals surface area contributed by atoms with Crippen LogP contribution in [0.4, 0.5) is 13.2 Å². The van der Waals surface area contributed by atoms with Crippen molar-refractivity contribution in [1.29, 1.82) is 0 Å². The van der Waals surface area contributed by atoms with Gasteiger partial charge in [-0.15, -0.1) is 0 Å². The van der Waals surface area contributed by atoms with Crippen molar-refractivity contribution in [2.24, 2.45) is 5.73 Å². The van der Waals surface area contributed by atoms with Crippen LogP contribution in [0.2, 0.25) is 0 Å². The van der Waals surface area contributed by atoms with Crippen LogP contribution in [-0.4, -0.2) is 30.1 Å². The number of nitrogens with two attached hydrogens (primary N) is 1. The van der Waals surface area contributed by atoms with Gasteiger partial charge in [-0.1, -0.05) is 0 Å². The number of hydrogen-bond donors (Lipinski definition) is 1.